The Balaban J connectivity index is 0. The SMILES string of the molecule is N[C@@H](CCCC[NH3+])C(=O)O.O=C([O-])CSCCC(F)(F)C(F)(F)C(F)(F)C(F)(F)C(F)(F)C(F)(F)F. The van der Waals surface area contributed by atoms with Gasteiger partial charge in [-0.15, -0.1) is 0 Å². The highest BCUT2D eigenvalue weighted by atomic mass is 32.2. The van der Waals surface area contributed by atoms with Crippen molar-refractivity contribution in [2.45, 2.75) is 67.5 Å². The molecule has 0 amide bonds. The first-order chi connectivity index (χ1) is 15.8. The summed E-state index contributed by atoms with van der Waals surface area (Å²) in [7, 11) is 0. The van der Waals surface area contributed by atoms with Crippen LogP contribution in [0.5, 0.6) is 0 Å². The van der Waals surface area contributed by atoms with Crippen LogP contribution in [-0.4, -0.2) is 76.9 Å². The molecule has 36 heavy (non-hydrogen) atoms. The Hall–Kier alpha value is -1.70. The van der Waals surface area contributed by atoms with Gasteiger partial charge < -0.3 is 26.5 Å². The molecule has 0 aromatic carbocycles. The van der Waals surface area contributed by atoms with Gasteiger partial charge in [-0.25, -0.2) is 0 Å². The fourth-order valence-corrected chi connectivity index (χ4v) is 2.69. The van der Waals surface area contributed by atoms with E-state index in [0.29, 0.717) is 6.42 Å². The first kappa shape index (κ1) is 36.5. The zero-order chi connectivity index (χ0) is 29.4. The smallest absolute Gasteiger partial charge is 0.460 e. The van der Waals surface area contributed by atoms with Crippen molar-refractivity contribution in [2.75, 3.05) is 18.1 Å². The normalized spacial score (nSPS) is 14.6. The van der Waals surface area contributed by atoms with Crippen molar-refractivity contribution in [3.63, 3.8) is 0 Å². The zero-order valence-electron chi connectivity index (χ0n) is 17.8. The lowest BCUT2D eigenvalue weighted by atomic mass is 9.93. The molecule has 0 aromatic rings. The molecule has 6 nitrogen and oxygen atoms in total. The van der Waals surface area contributed by atoms with E-state index in [1.54, 1.807) is 0 Å². The number of hydrogen-bond acceptors (Lipinski definition) is 5. The highest BCUT2D eigenvalue weighted by Crippen LogP contribution is 2.60. The summed E-state index contributed by atoms with van der Waals surface area (Å²) < 4.78 is 165. The number of aliphatic carboxylic acids is 2. The van der Waals surface area contributed by atoms with Crippen LogP contribution in [0.1, 0.15) is 25.7 Å². The van der Waals surface area contributed by atoms with E-state index in [1.165, 1.54) is 0 Å². The van der Waals surface area contributed by atoms with Gasteiger partial charge >= 0.3 is 41.8 Å². The van der Waals surface area contributed by atoms with Crippen molar-refractivity contribution in [2.24, 2.45) is 5.73 Å². The van der Waals surface area contributed by atoms with Gasteiger partial charge in [-0.05, 0) is 25.0 Å². The lowest BCUT2D eigenvalue weighted by molar-refractivity contribution is -0.439. The summed E-state index contributed by atoms with van der Waals surface area (Å²) in [6.45, 7) is 0.854. The molecule has 6 N–H and O–H groups in total. The second-order valence-electron chi connectivity index (χ2n) is 6.97. The maximum absolute atomic E-state index is 13.2. The molecule has 0 bridgehead atoms. The zero-order valence-corrected chi connectivity index (χ0v) is 18.6. The van der Waals surface area contributed by atoms with Gasteiger partial charge in [0.1, 0.15) is 6.04 Å². The van der Waals surface area contributed by atoms with E-state index in [1.807, 2.05) is 0 Å². The molecule has 0 radical (unpaired) electrons. The van der Waals surface area contributed by atoms with Gasteiger partial charge in [-0.2, -0.15) is 68.8 Å². The number of nitrogens with two attached hydrogens (primary N) is 1. The topological polar surface area (TPSA) is 131 Å². The van der Waals surface area contributed by atoms with Gasteiger partial charge in [0.2, 0.25) is 0 Å². The molecule has 0 saturated heterocycles. The summed E-state index contributed by atoms with van der Waals surface area (Å²) in [5.41, 5.74) is 8.88. The van der Waals surface area contributed by atoms with Gasteiger partial charge in [0.05, 0.1) is 12.5 Å². The largest absolute Gasteiger partial charge is 0.549 e. The number of halogens is 13. The number of thioether (sulfide) groups is 1. The van der Waals surface area contributed by atoms with Crippen LogP contribution in [0.3, 0.4) is 0 Å². The average Bonchev–Trinajstić information content (AvgIpc) is 2.70. The molecule has 0 saturated carbocycles. The number of quaternary nitrogens is 1. The molecule has 216 valence electrons. The number of rotatable bonds is 14. The number of carboxylic acid groups (broad SMARTS) is 2. The fourth-order valence-electron chi connectivity index (χ4n) is 1.98. The number of alkyl halides is 13. The third-order valence-electron chi connectivity index (χ3n) is 4.11. The highest BCUT2D eigenvalue weighted by molar-refractivity contribution is 7.99. The Morgan fingerprint density at radius 3 is 1.64 bits per heavy atom. The lowest BCUT2D eigenvalue weighted by Crippen LogP contribution is -2.70. The first-order valence-corrected chi connectivity index (χ1v) is 10.5. The summed E-state index contributed by atoms with van der Waals surface area (Å²) in [6.07, 6.45) is -7.50. The van der Waals surface area contributed by atoms with E-state index in [9.17, 15) is 71.8 Å². The molecular weight excluding hydrogens is 563 g/mol. The van der Waals surface area contributed by atoms with Crippen LogP contribution in [0.4, 0.5) is 57.1 Å². The molecule has 0 aliphatic rings. The van der Waals surface area contributed by atoms with E-state index in [2.05, 4.69) is 5.73 Å². The van der Waals surface area contributed by atoms with Gasteiger partial charge in [0, 0.05) is 12.2 Å². The highest BCUT2D eigenvalue weighted by Gasteiger charge is 2.90. The number of carbonyl (C=O) groups excluding carboxylic acids is 1. The van der Waals surface area contributed by atoms with Crippen molar-refractivity contribution in [1.29, 1.82) is 0 Å². The van der Waals surface area contributed by atoms with E-state index < -0.39 is 71.7 Å². The van der Waals surface area contributed by atoms with Crippen LogP contribution in [0.25, 0.3) is 0 Å². The number of unbranched alkanes of at least 4 members (excludes halogenated alkanes) is 1. The van der Waals surface area contributed by atoms with Gasteiger partial charge in [0.25, 0.3) is 0 Å². The number of carboxylic acids is 2. The molecule has 0 aliphatic carbocycles. The minimum absolute atomic E-state index is 0.104. The maximum Gasteiger partial charge on any atom is 0.460 e. The molecule has 0 unspecified atom stereocenters. The molecule has 0 spiro atoms. The predicted molar refractivity (Wildman–Crippen MR) is 95.0 cm³/mol. The summed E-state index contributed by atoms with van der Waals surface area (Å²) in [4.78, 5) is 20.1. The van der Waals surface area contributed by atoms with Crippen molar-refractivity contribution >= 4 is 23.7 Å². The molecule has 0 heterocycles. The van der Waals surface area contributed by atoms with Crippen LogP contribution in [0.15, 0.2) is 0 Å². The van der Waals surface area contributed by atoms with E-state index in [-0.39, 0.29) is 11.8 Å². The molecular formula is C16H21F13N2O4S. The fraction of sp³-hybridized carbons (Fsp3) is 0.875. The van der Waals surface area contributed by atoms with Crippen molar-refractivity contribution in [3.8, 4) is 0 Å². The summed E-state index contributed by atoms with van der Waals surface area (Å²) in [5.74, 6) is -42.3. The van der Waals surface area contributed by atoms with Crippen LogP contribution >= 0.6 is 11.8 Å². The quantitative estimate of drug-likeness (QED) is 0.212. The second-order valence-corrected chi connectivity index (χ2v) is 8.07. The first-order valence-electron chi connectivity index (χ1n) is 9.36. The molecule has 0 aromatic heterocycles. The number of hydrogen-bond donors (Lipinski definition) is 3. The molecule has 0 fully saturated rings. The molecule has 1 atom stereocenters. The Kier molecular flexibility index (Phi) is 13.4. The minimum Gasteiger partial charge on any atom is -0.549 e. The van der Waals surface area contributed by atoms with E-state index >= 15 is 0 Å². The van der Waals surface area contributed by atoms with Crippen LogP contribution in [-0.2, 0) is 9.59 Å². The lowest BCUT2D eigenvalue weighted by Gasteiger charge is -2.39. The molecule has 20 heteroatoms. The van der Waals surface area contributed by atoms with Crippen LogP contribution < -0.4 is 16.6 Å². The standard InChI is InChI=1S/C10H7F13O2S.C6H14N2O2/c11-5(12,1-2-26-3-4(24)25)6(13,14)7(15,16)8(17,18)9(19,20)10(21,22)23;7-4-2-1-3-5(8)6(9)10/h1-3H2,(H,24,25);5H,1-4,7-8H2,(H,9,10)/t;5-/m.0/s1. The van der Waals surface area contributed by atoms with Gasteiger partial charge in [-0.3, -0.25) is 4.79 Å². The summed E-state index contributed by atoms with van der Waals surface area (Å²) >= 11 is -0.104. The maximum atomic E-state index is 13.2. The summed E-state index contributed by atoms with van der Waals surface area (Å²) in [6, 6.07) is -0.688. The Morgan fingerprint density at radius 2 is 1.28 bits per heavy atom. The van der Waals surface area contributed by atoms with Crippen LogP contribution in [0.2, 0.25) is 0 Å². The minimum atomic E-state index is -7.93. The van der Waals surface area contributed by atoms with E-state index in [0.717, 1.165) is 19.4 Å². The van der Waals surface area contributed by atoms with Crippen LogP contribution in [0, 0.1) is 0 Å². The average molecular weight is 584 g/mol. The monoisotopic (exact) mass is 584 g/mol. The third-order valence-corrected chi connectivity index (χ3v) is 5.04. The predicted octanol–water partition coefficient (Wildman–Crippen LogP) is 2.41. The number of carbonyl (C=O) groups is 2. The van der Waals surface area contributed by atoms with Crippen molar-refractivity contribution in [3.05, 3.63) is 0 Å². The summed E-state index contributed by atoms with van der Waals surface area (Å²) in [5, 5.41) is 18.3. The molecule has 0 rings (SSSR count). The second kappa shape index (κ2) is 13.2. The Bertz CT molecular complexity index is 721. The Labute approximate surface area is 198 Å². The van der Waals surface area contributed by atoms with Gasteiger partial charge in [0.15, 0.2) is 0 Å². The third kappa shape index (κ3) is 8.70. The van der Waals surface area contributed by atoms with Crippen molar-refractivity contribution < 1.29 is 82.6 Å². The van der Waals surface area contributed by atoms with Gasteiger partial charge in [-0.1, -0.05) is 0 Å². The molecule has 0 aliphatic heterocycles. The van der Waals surface area contributed by atoms with Crippen molar-refractivity contribution in [1.82, 2.24) is 0 Å². The Morgan fingerprint density at radius 1 is 0.833 bits per heavy atom. The van der Waals surface area contributed by atoms with E-state index in [4.69, 9.17) is 10.8 Å².